The van der Waals surface area contributed by atoms with E-state index in [2.05, 4.69) is 18.0 Å². The Labute approximate surface area is 125 Å². The molecule has 128 valence electrons. The molecule has 17 heteroatoms. The summed E-state index contributed by atoms with van der Waals surface area (Å²) in [7, 11) is -10.8. The molecular weight excluding hydrogens is 370 g/mol. The van der Waals surface area contributed by atoms with Gasteiger partial charge in [-0.1, -0.05) is 0 Å². The molecule has 13 nitrogen and oxygen atoms in total. The molecule has 0 saturated carbocycles. The third-order valence-corrected chi connectivity index (χ3v) is 6.02. The molecule has 6 N–H and O–H groups in total. The van der Waals surface area contributed by atoms with Crippen molar-refractivity contribution in [2.24, 2.45) is 5.90 Å². The topological polar surface area (TPSA) is 204 Å². The number of hydrogen-bond acceptors (Lipinski definition) is 9. The number of hydrogen-bond donors (Lipinski definition) is 5. The van der Waals surface area contributed by atoms with Crippen LogP contribution in [0.3, 0.4) is 0 Å². The summed E-state index contributed by atoms with van der Waals surface area (Å²) in [5.74, 6) is 4.95. The maximum Gasteiger partial charge on any atom is 0.490 e. The molecule has 0 aromatic carbocycles. The van der Waals surface area contributed by atoms with Crippen LogP contribution in [0.1, 0.15) is 6.42 Å². The Morgan fingerprint density at radius 2 is 1.73 bits per heavy atom. The van der Waals surface area contributed by atoms with Crippen molar-refractivity contribution in [3.05, 3.63) is 0 Å². The maximum absolute atomic E-state index is 11.4. The first kappa shape index (κ1) is 20.4. The van der Waals surface area contributed by atoms with Gasteiger partial charge in [0.1, 0.15) is 20.1 Å². The summed E-state index contributed by atoms with van der Waals surface area (Å²) in [6.45, 7) is -0.667. The van der Waals surface area contributed by atoms with E-state index >= 15 is 0 Å². The first-order valence-electron chi connectivity index (χ1n) is 5.38. The minimum Gasteiger partial charge on any atom is -0.379 e. The minimum absolute atomic E-state index is 0.168. The maximum atomic E-state index is 11.4. The van der Waals surface area contributed by atoms with Gasteiger partial charge in [0.2, 0.25) is 0 Å². The molecule has 0 bridgehead atoms. The lowest BCUT2D eigenvalue weighted by atomic mass is 9.96. The van der Waals surface area contributed by atoms with Gasteiger partial charge in [-0.25, -0.2) is 19.6 Å². The third kappa shape index (κ3) is 7.28. The predicted molar refractivity (Wildman–Crippen MR) is 67.9 cm³/mol. The zero-order valence-corrected chi connectivity index (χ0v) is 13.4. The molecule has 1 heterocycles. The van der Waals surface area contributed by atoms with Crippen molar-refractivity contribution in [1.82, 2.24) is 0 Å². The van der Waals surface area contributed by atoms with Crippen molar-refractivity contribution < 1.29 is 56.0 Å². The molecule has 0 aromatic rings. The Kier molecular flexibility index (Phi) is 6.95. The second kappa shape index (κ2) is 7.50. The van der Waals surface area contributed by atoms with E-state index < -0.39 is 48.3 Å². The van der Waals surface area contributed by atoms with Crippen molar-refractivity contribution in [3.63, 3.8) is 0 Å². The Hall–Kier alpha value is 0.355. The molecule has 0 aliphatic carbocycles. The Balaban J connectivity index is 2.59. The number of rotatable bonds is 8. The lowest BCUT2D eigenvalue weighted by Gasteiger charge is -2.20. The van der Waals surface area contributed by atoms with Crippen molar-refractivity contribution in [3.8, 4) is 0 Å². The molecule has 1 fully saturated rings. The summed E-state index contributed by atoms with van der Waals surface area (Å²) in [6.07, 6.45) is -1.56. The van der Waals surface area contributed by atoms with Crippen molar-refractivity contribution in [2.45, 2.75) is 24.6 Å². The standard InChI is InChI=1S/C5H13BNO12P3/c6-5-1-3(17-7)4(16-5)2-15-21(11,12)19-22(13,14)18-20(8,9)10/h3-5H,1-2,7H2,(H,11,12)(H,13,14)(H2,8,9,10)/t3?,4-,5?/m1/s1. The zero-order chi connectivity index (χ0) is 17.2. The highest BCUT2D eigenvalue weighted by molar-refractivity contribution is 7.66. The average Bonchev–Trinajstić information content (AvgIpc) is 2.62. The van der Waals surface area contributed by atoms with Crippen LogP contribution in [-0.2, 0) is 36.4 Å². The second-order valence-electron chi connectivity index (χ2n) is 4.01. The largest absolute Gasteiger partial charge is 0.490 e. The van der Waals surface area contributed by atoms with E-state index in [4.69, 9.17) is 33.2 Å². The SMILES string of the molecule is [B]C1CC(ON)[C@@H](COP(=O)(O)OP(=O)(O)OP(=O)(O)O)O1. The molecule has 2 radical (unpaired) electrons. The molecular formula is C5H13BNO12P3. The first-order chi connectivity index (χ1) is 9.84. The van der Waals surface area contributed by atoms with Gasteiger partial charge < -0.3 is 24.3 Å². The van der Waals surface area contributed by atoms with Gasteiger partial charge in [-0.2, -0.15) is 8.62 Å². The van der Waals surface area contributed by atoms with Gasteiger partial charge >= 0.3 is 23.5 Å². The number of phosphoric acid groups is 3. The number of phosphoric ester groups is 1. The lowest BCUT2D eigenvalue weighted by molar-refractivity contribution is -0.0375. The van der Waals surface area contributed by atoms with Gasteiger partial charge in [0, 0.05) is 6.00 Å². The molecule has 22 heavy (non-hydrogen) atoms. The normalized spacial score (nSPS) is 31.6. The molecule has 0 aromatic heterocycles. The van der Waals surface area contributed by atoms with E-state index in [1.54, 1.807) is 0 Å². The van der Waals surface area contributed by atoms with Gasteiger partial charge in [-0.3, -0.25) is 9.36 Å². The van der Waals surface area contributed by atoms with Gasteiger partial charge in [0.25, 0.3) is 0 Å². The highest BCUT2D eigenvalue weighted by Crippen LogP contribution is 2.66. The van der Waals surface area contributed by atoms with Crippen molar-refractivity contribution >= 4 is 31.3 Å². The fourth-order valence-electron chi connectivity index (χ4n) is 1.51. The van der Waals surface area contributed by atoms with Crippen LogP contribution in [0.25, 0.3) is 0 Å². The van der Waals surface area contributed by atoms with Gasteiger partial charge in [-0.05, 0) is 6.42 Å². The fourth-order valence-corrected chi connectivity index (χ4v) is 4.54. The first-order valence-corrected chi connectivity index (χ1v) is 9.90. The molecule has 0 amide bonds. The van der Waals surface area contributed by atoms with E-state index in [1.807, 2.05) is 0 Å². The van der Waals surface area contributed by atoms with Gasteiger partial charge in [-0.15, -0.1) is 0 Å². The number of nitrogens with two attached hydrogens (primary N) is 1. The molecule has 1 saturated heterocycles. The smallest absolute Gasteiger partial charge is 0.379 e. The predicted octanol–water partition coefficient (Wildman–Crippen LogP) is -1.13. The summed E-state index contributed by atoms with van der Waals surface area (Å²) in [4.78, 5) is 39.3. The van der Waals surface area contributed by atoms with E-state index in [0.29, 0.717) is 0 Å². The van der Waals surface area contributed by atoms with Crippen molar-refractivity contribution in [1.29, 1.82) is 0 Å². The molecule has 1 aliphatic rings. The van der Waals surface area contributed by atoms with Crippen LogP contribution in [0.4, 0.5) is 0 Å². The third-order valence-electron chi connectivity index (χ3n) is 2.22. The van der Waals surface area contributed by atoms with Gasteiger partial charge in [0.05, 0.1) is 6.61 Å². The van der Waals surface area contributed by atoms with Crippen LogP contribution in [0, 0.1) is 0 Å². The molecule has 5 atom stereocenters. The fraction of sp³-hybridized carbons (Fsp3) is 1.00. The van der Waals surface area contributed by atoms with E-state index in [-0.39, 0.29) is 6.42 Å². The monoisotopic (exact) mass is 383 g/mol. The Morgan fingerprint density at radius 3 is 2.23 bits per heavy atom. The van der Waals surface area contributed by atoms with E-state index in [9.17, 15) is 18.6 Å². The minimum atomic E-state index is -5.55. The van der Waals surface area contributed by atoms with E-state index in [0.717, 1.165) is 0 Å². The van der Waals surface area contributed by atoms with Crippen LogP contribution >= 0.6 is 23.5 Å². The quantitative estimate of drug-likeness (QED) is 0.191. The molecule has 4 unspecified atom stereocenters. The Morgan fingerprint density at radius 1 is 1.14 bits per heavy atom. The Bertz CT molecular complexity index is 523. The zero-order valence-electron chi connectivity index (χ0n) is 10.7. The van der Waals surface area contributed by atoms with Gasteiger partial charge in [0.15, 0.2) is 0 Å². The summed E-state index contributed by atoms with van der Waals surface area (Å²) in [5, 5.41) is 0. The molecule has 1 rings (SSSR count). The van der Waals surface area contributed by atoms with Crippen LogP contribution in [0.2, 0.25) is 0 Å². The summed E-state index contributed by atoms with van der Waals surface area (Å²) in [6, 6.07) is -0.761. The molecule has 1 aliphatic heterocycles. The lowest BCUT2D eigenvalue weighted by Crippen LogP contribution is -2.31. The van der Waals surface area contributed by atoms with Crippen LogP contribution in [0.5, 0.6) is 0 Å². The highest BCUT2D eigenvalue weighted by atomic mass is 31.3. The van der Waals surface area contributed by atoms with Crippen molar-refractivity contribution in [2.75, 3.05) is 6.61 Å². The molecule has 0 spiro atoms. The van der Waals surface area contributed by atoms with Crippen LogP contribution < -0.4 is 5.90 Å². The average molecular weight is 383 g/mol. The summed E-state index contributed by atoms with van der Waals surface area (Å²) in [5.41, 5.74) is 0. The number of ether oxygens (including phenoxy) is 1. The summed E-state index contributed by atoms with van der Waals surface area (Å²) < 4.78 is 49.4. The van der Waals surface area contributed by atoms with Crippen LogP contribution in [-0.4, -0.2) is 52.2 Å². The van der Waals surface area contributed by atoms with E-state index in [1.165, 1.54) is 0 Å². The summed E-state index contributed by atoms with van der Waals surface area (Å²) >= 11 is 0. The highest BCUT2D eigenvalue weighted by Gasteiger charge is 2.42. The van der Waals surface area contributed by atoms with Crippen LogP contribution in [0.15, 0.2) is 0 Å². The second-order valence-corrected chi connectivity index (χ2v) is 8.43.